The minimum atomic E-state index is -0.646. The van der Waals surface area contributed by atoms with E-state index in [1.165, 1.54) is 0 Å². The van der Waals surface area contributed by atoms with E-state index in [9.17, 15) is 9.90 Å². The fourth-order valence-corrected chi connectivity index (χ4v) is 2.64. The molecule has 2 rings (SSSR count). The average Bonchev–Trinajstić information content (AvgIpc) is 2.54. The van der Waals surface area contributed by atoms with Crippen LogP contribution in [-0.2, 0) is 4.79 Å². The van der Waals surface area contributed by atoms with Crippen LogP contribution in [0.25, 0.3) is 0 Å². The van der Waals surface area contributed by atoms with Crippen LogP contribution in [0, 0.1) is 0 Å². The maximum atomic E-state index is 12.7. The van der Waals surface area contributed by atoms with Gasteiger partial charge < -0.3 is 19.5 Å². The molecule has 5 heteroatoms. The van der Waals surface area contributed by atoms with Gasteiger partial charge in [0, 0.05) is 12.6 Å². The minimum Gasteiger partial charge on any atom is -0.485 e. The lowest BCUT2D eigenvalue weighted by atomic mass is 10.1. The second-order valence-electron chi connectivity index (χ2n) is 5.09. The van der Waals surface area contributed by atoms with Gasteiger partial charge in [-0.2, -0.15) is 0 Å². The highest BCUT2D eigenvalue weighted by Gasteiger charge is 2.33. The van der Waals surface area contributed by atoms with Gasteiger partial charge in [-0.3, -0.25) is 4.79 Å². The number of amides is 1. The van der Waals surface area contributed by atoms with Gasteiger partial charge in [-0.25, -0.2) is 0 Å². The summed E-state index contributed by atoms with van der Waals surface area (Å²) in [5.41, 5.74) is 0. The zero-order valence-electron chi connectivity index (χ0n) is 12.6. The molecule has 1 heterocycles. The largest absolute Gasteiger partial charge is 0.485 e. The minimum absolute atomic E-state index is 0.0492. The number of carbonyl (C=O) groups is 1. The molecule has 0 saturated carbocycles. The zero-order valence-corrected chi connectivity index (χ0v) is 12.6. The smallest absolute Gasteiger partial charge is 0.267 e. The number of hydrogen-bond acceptors (Lipinski definition) is 4. The Kier molecular flexibility index (Phi) is 5.44. The number of nitrogens with zero attached hydrogens (tertiary/aromatic N) is 1. The highest BCUT2D eigenvalue weighted by atomic mass is 16.6. The first kappa shape index (κ1) is 15.6. The molecule has 1 atom stereocenters. The van der Waals surface area contributed by atoms with E-state index in [0.717, 1.165) is 12.8 Å². The molecule has 21 heavy (non-hydrogen) atoms. The topological polar surface area (TPSA) is 59.0 Å². The molecule has 0 radical (unpaired) electrons. The van der Waals surface area contributed by atoms with Gasteiger partial charge in [-0.1, -0.05) is 26.0 Å². The van der Waals surface area contributed by atoms with Crippen LogP contribution in [0.2, 0.25) is 0 Å². The molecule has 1 aromatic rings. The summed E-state index contributed by atoms with van der Waals surface area (Å²) < 4.78 is 11.4. The molecule has 1 N–H and O–H groups in total. The van der Waals surface area contributed by atoms with Gasteiger partial charge >= 0.3 is 0 Å². The molecule has 5 nitrogen and oxygen atoms in total. The first-order chi connectivity index (χ1) is 10.2. The van der Waals surface area contributed by atoms with Crippen LogP contribution in [0.5, 0.6) is 11.5 Å². The number of ether oxygens (including phenoxy) is 2. The van der Waals surface area contributed by atoms with Crippen LogP contribution in [0.1, 0.15) is 26.7 Å². The quantitative estimate of drug-likeness (QED) is 0.869. The summed E-state index contributed by atoms with van der Waals surface area (Å²) in [6.45, 7) is 4.57. The summed E-state index contributed by atoms with van der Waals surface area (Å²) >= 11 is 0. The number of aliphatic hydroxyl groups excluding tert-OH is 1. The van der Waals surface area contributed by atoms with Crippen molar-refractivity contribution in [1.29, 1.82) is 0 Å². The lowest BCUT2D eigenvalue weighted by Crippen LogP contribution is -2.51. The van der Waals surface area contributed by atoms with Crippen molar-refractivity contribution in [2.24, 2.45) is 0 Å². The molecule has 1 unspecified atom stereocenters. The maximum absolute atomic E-state index is 12.7. The Morgan fingerprint density at radius 2 is 2.00 bits per heavy atom. The first-order valence-corrected chi connectivity index (χ1v) is 7.51. The fraction of sp³-hybridized carbons (Fsp3) is 0.562. The van der Waals surface area contributed by atoms with Crippen LogP contribution >= 0.6 is 0 Å². The van der Waals surface area contributed by atoms with Crippen molar-refractivity contribution >= 4 is 5.91 Å². The van der Waals surface area contributed by atoms with Gasteiger partial charge in [-0.15, -0.1) is 0 Å². The Hall–Kier alpha value is -1.75. The Labute approximate surface area is 125 Å². The second kappa shape index (κ2) is 7.31. The Bertz CT molecular complexity index is 473. The number of benzene rings is 1. The van der Waals surface area contributed by atoms with Gasteiger partial charge in [0.2, 0.25) is 6.10 Å². The monoisotopic (exact) mass is 293 g/mol. The van der Waals surface area contributed by atoms with Crippen LogP contribution in [0.4, 0.5) is 0 Å². The van der Waals surface area contributed by atoms with E-state index in [0.29, 0.717) is 18.0 Å². The van der Waals surface area contributed by atoms with Crippen molar-refractivity contribution in [2.75, 3.05) is 19.8 Å². The molecule has 1 amide bonds. The third-order valence-electron chi connectivity index (χ3n) is 3.79. The predicted molar refractivity (Wildman–Crippen MR) is 79.5 cm³/mol. The van der Waals surface area contributed by atoms with Crippen molar-refractivity contribution < 1.29 is 19.4 Å². The molecule has 0 fully saturated rings. The SMILES string of the molecule is CCC(CC)N(CCO)C(=O)C1COc2ccccc2O1. The Morgan fingerprint density at radius 3 is 2.62 bits per heavy atom. The molecule has 1 aliphatic heterocycles. The summed E-state index contributed by atoms with van der Waals surface area (Å²) in [5, 5.41) is 9.22. The van der Waals surface area contributed by atoms with Crippen LogP contribution in [-0.4, -0.2) is 47.8 Å². The van der Waals surface area contributed by atoms with Gasteiger partial charge in [0.1, 0.15) is 6.61 Å². The van der Waals surface area contributed by atoms with Crippen molar-refractivity contribution in [2.45, 2.75) is 38.8 Å². The second-order valence-corrected chi connectivity index (χ2v) is 5.09. The van der Waals surface area contributed by atoms with E-state index in [1.54, 1.807) is 11.0 Å². The summed E-state index contributed by atoms with van der Waals surface area (Å²) in [6, 6.07) is 7.45. The Morgan fingerprint density at radius 1 is 1.33 bits per heavy atom. The maximum Gasteiger partial charge on any atom is 0.267 e. The Balaban J connectivity index is 2.11. The number of aliphatic hydroxyl groups is 1. The van der Waals surface area contributed by atoms with Crippen LogP contribution < -0.4 is 9.47 Å². The van der Waals surface area contributed by atoms with E-state index in [2.05, 4.69) is 0 Å². The number of hydrogen-bond donors (Lipinski definition) is 1. The number of carbonyl (C=O) groups excluding carboxylic acids is 1. The molecule has 0 bridgehead atoms. The summed E-state index contributed by atoms with van der Waals surface area (Å²) in [6.07, 6.45) is 1.06. The molecule has 1 aromatic carbocycles. The van der Waals surface area contributed by atoms with Gasteiger partial charge in [-0.05, 0) is 25.0 Å². The lowest BCUT2D eigenvalue weighted by molar-refractivity contribution is -0.144. The van der Waals surface area contributed by atoms with Crippen LogP contribution in [0.15, 0.2) is 24.3 Å². The van der Waals surface area contributed by atoms with E-state index in [4.69, 9.17) is 9.47 Å². The van der Waals surface area contributed by atoms with Crippen molar-refractivity contribution in [3.8, 4) is 11.5 Å². The number of rotatable bonds is 6. The molecule has 0 saturated heterocycles. The first-order valence-electron chi connectivity index (χ1n) is 7.51. The fourth-order valence-electron chi connectivity index (χ4n) is 2.64. The van der Waals surface area contributed by atoms with E-state index in [-0.39, 0.29) is 25.2 Å². The summed E-state index contributed by atoms with van der Waals surface area (Å²) in [5.74, 6) is 1.14. The molecule has 0 aliphatic carbocycles. The molecule has 0 spiro atoms. The normalized spacial score (nSPS) is 16.9. The van der Waals surface area contributed by atoms with E-state index >= 15 is 0 Å². The molecule has 116 valence electrons. The highest BCUT2D eigenvalue weighted by Crippen LogP contribution is 2.31. The zero-order chi connectivity index (χ0) is 15.2. The van der Waals surface area contributed by atoms with Gasteiger partial charge in [0.05, 0.1) is 6.61 Å². The third-order valence-corrected chi connectivity index (χ3v) is 3.79. The lowest BCUT2D eigenvalue weighted by Gasteiger charge is -2.34. The predicted octanol–water partition coefficient (Wildman–Crippen LogP) is 1.84. The summed E-state index contributed by atoms with van der Waals surface area (Å²) in [4.78, 5) is 14.4. The standard InChI is InChI=1S/C16H23NO4/c1-3-12(4-2)17(9-10-18)16(19)15-11-20-13-7-5-6-8-14(13)21-15/h5-8,12,15,18H,3-4,9-11H2,1-2H3. The number of para-hydroxylation sites is 2. The molecule has 1 aliphatic rings. The van der Waals surface area contributed by atoms with Gasteiger partial charge in [0.15, 0.2) is 11.5 Å². The third kappa shape index (κ3) is 3.47. The number of fused-ring (bicyclic) bond motifs is 1. The highest BCUT2D eigenvalue weighted by molar-refractivity contribution is 5.82. The van der Waals surface area contributed by atoms with E-state index < -0.39 is 6.10 Å². The van der Waals surface area contributed by atoms with E-state index in [1.807, 2.05) is 32.0 Å². The average molecular weight is 293 g/mol. The molecular formula is C16H23NO4. The molecular weight excluding hydrogens is 270 g/mol. The van der Waals surface area contributed by atoms with Crippen molar-refractivity contribution in [1.82, 2.24) is 4.90 Å². The molecule has 0 aromatic heterocycles. The van der Waals surface area contributed by atoms with Crippen LogP contribution in [0.3, 0.4) is 0 Å². The van der Waals surface area contributed by atoms with Crippen molar-refractivity contribution in [3.05, 3.63) is 24.3 Å². The van der Waals surface area contributed by atoms with Crippen molar-refractivity contribution in [3.63, 3.8) is 0 Å². The van der Waals surface area contributed by atoms with Gasteiger partial charge in [0.25, 0.3) is 5.91 Å². The summed E-state index contributed by atoms with van der Waals surface area (Å²) in [7, 11) is 0.